The maximum atomic E-state index is 11.8. The third kappa shape index (κ3) is 2.81. The summed E-state index contributed by atoms with van der Waals surface area (Å²) in [6.07, 6.45) is 0. The number of benzene rings is 1. The normalized spacial score (nSPS) is 9.89. The molecule has 0 amide bonds. The van der Waals surface area contributed by atoms with E-state index < -0.39 is 5.56 Å². The van der Waals surface area contributed by atoms with Crippen LogP contribution in [0.3, 0.4) is 0 Å². The van der Waals surface area contributed by atoms with Gasteiger partial charge >= 0.3 is 29.6 Å². The number of nitrogens with one attached hydrogen (secondary N) is 1. The van der Waals surface area contributed by atoms with Crippen LogP contribution in [0, 0.1) is 0 Å². The smallest absolute Gasteiger partial charge is 0.383 e. The Morgan fingerprint density at radius 2 is 1.89 bits per heavy atom. The van der Waals surface area contributed by atoms with Gasteiger partial charge in [-0.25, -0.2) is 0 Å². The molecule has 0 bridgehead atoms. The Balaban J connectivity index is 0.00000162. The van der Waals surface area contributed by atoms with Crippen molar-refractivity contribution in [1.82, 2.24) is 9.97 Å². The molecule has 0 radical (unpaired) electrons. The van der Waals surface area contributed by atoms with E-state index in [4.69, 9.17) is 34.7 Å². The number of anilines is 2. The van der Waals surface area contributed by atoms with Crippen LogP contribution < -0.4 is 46.6 Å². The molecule has 5 nitrogen and oxygen atoms in total. The van der Waals surface area contributed by atoms with Crippen LogP contribution in [0.4, 0.5) is 11.8 Å². The van der Waals surface area contributed by atoms with Crippen molar-refractivity contribution in [1.29, 1.82) is 0 Å². The van der Waals surface area contributed by atoms with Gasteiger partial charge in [0.25, 0.3) is 5.56 Å². The van der Waals surface area contributed by atoms with Crippen molar-refractivity contribution < 1.29 is 29.6 Å². The molecule has 5 N–H and O–H groups in total. The number of aromatic amines is 1. The molecule has 0 aliphatic heterocycles. The molecule has 8 heteroatoms. The molecule has 0 aliphatic rings. The molecule has 1 heterocycles. The zero-order valence-electron chi connectivity index (χ0n) is 9.50. The van der Waals surface area contributed by atoms with Gasteiger partial charge in [-0.2, -0.15) is 4.98 Å². The molecule has 18 heavy (non-hydrogen) atoms. The first-order chi connectivity index (χ1) is 8.00. The van der Waals surface area contributed by atoms with Crippen molar-refractivity contribution in [3.05, 3.63) is 38.6 Å². The van der Waals surface area contributed by atoms with Gasteiger partial charge in [-0.05, 0) is 6.07 Å². The minimum atomic E-state index is -0.459. The number of aromatic nitrogens is 2. The summed E-state index contributed by atoms with van der Waals surface area (Å²) in [6.45, 7) is 0. The van der Waals surface area contributed by atoms with E-state index >= 15 is 0 Å². The first kappa shape index (κ1) is 15.3. The summed E-state index contributed by atoms with van der Waals surface area (Å²) in [6, 6.07) is 4.91. The average molecular weight is 294 g/mol. The molecular weight excluding hydrogens is 286 g/mol. The fourth-order valence-corrected chi connectivity index (χ4v) is 1.86. The van der Waals surface area contributed by atoms with Gasteiger partial charge in [-0.1, -0.05) is 35.3 Å². The van der Waals surface area contributed by atoms with Crippen molar-refractivity contribution in [2.24, 2.45) is 0 Å². The zero-order chi connectivity index (χ0) is 12.6. The van der Waals surface area contributed by atoms with E-state index in [-0.39, 0.29) is 51.9 Å². The molecule has 0 spiro atoms. The summed E-state index contributed by atoms with van der Waals surface area (Å²) in [5, 5.41) is 0.581. The van der Waals surface area contributed by atoms with Crippen molar-refractivity contribution in [2.75, 3.05) is 11.5 Å². The Labute approximate surface area is 135 Å². The monoisotopic (exact) mass is 293 g/mol. The van der Waals surface area contributed by atoms with E-state index in [0.29, 0.717) is 10.6 Å². The van der Waals surface area contributed by atoms with Crippen molar-refractivity contribution in [2.45, 2.75) is 0 Å². The maximum absolute atomic E-state index is 11.8. The molecule has 0 aliphatic carbocycles. The van der Waals surface area contributed by atoms with E-state index in [1.807, 2.05) is 0 Å². The van der Waals surface area contributed by atoms with Gasteiger partial charge in [-0.3, -0.25) is 9.78 Å². The van der Waals surface area contributed by atoms with Crippen molar-refractivity contribution in [3.63, 3.8) is 0 Å². The number of hydrogen-bond acceptors (Lipinski definition) is 4. The number of nitrogens with two attached hydrogens (primary N) is 2. The van der Waals surface area contributed by atoms with Gasteiger partial charge < -0.3 is 11.5 Å². The van der Waals surface area contributed by atoms with Crippen LogP contribution in [-0.4, -0.2) is 9.97 Å². The Morgan fingerprint density at radius 3 is 2.50 bits per heavy atom. The Bertz CT molecular complexity index is 644. The van der Waals surface area contributed by atoms with Gasteiger partial charge in [0.05, 0.1) is 15.6 Å². The minimum absolute atomic E-state index is 0. The van der Waals surface area contributed by atoms with Gasteiger partial charge in [0, 0.05) is 5.56 Å². The van der Waals surface area contributed by atoms with Crippen LogP contribution >= 0.6 is 23.2 Å². The Hall–Kier alpha value is -0.720. The summed E-state index contributed by atoms with van der Waals surface area (Å²) in [5.74, 6) is -0.0372. The van der Waals surface area contributed by atoms with Crippen LogP contribution in [0.2, 0.25) is 10.0 Å². The van der Waals surface area contributed by atoms with E-state index in [2.05, 4.69) is 9.97 Å². The molecule has 2 rings (SSSR count). The second-order valence-corrected chi connectivity index (χ2v) is 4.10. The zero-order valence-corrected chi connectivity index (χ0v) is 13.0. The molecular formula is C10H8Cl2N4NaO+. The Kier molecular flexibility index (Phi) is 5.07. The molecule has 0 saturated heterocycles. The van der Waals surface area contributed by atoms with Crippen LogP contribution in [-0.2, 0) is 0 Å². The number of hydrogen-bond donors (Lipinski definition) is 3. The van der Waals surface area contributed by atoms with Crippen molar-refractivity contribution in [3.8, 4) is 11.1 Å². The summed E-state index contributed by atoms with van der Waals surface area (Å²) < 4.78 is 0. The molecule has 1 aromatic carbocycles. The fourth-order valence-electron chi connectivity index (χ4n) is 1.47. The van der Waals surface area contributed by atoms with E-state index in [9.17, 15) is 4.79 Å². The fraction of sp³-hybridized carbons (Fsp3) is 0. The second kappa shape index (κ2) is 5.95. The van der Waals surface area contributed by atoms with Crippen LogP contribution in [0.15, 0.2) is 23.0 Å². The van der Waals surface area contributed by atoms with Gasteiger partial charge in [-0.15, -0.1) is 0 Å². The molecule has 0 atom stereocenters. The SMILES string of the molecule is Nc1nc(N)c(-c2cccc(Cl)c2Cl)c(=O)[nH]1.[Na+]. The first-order valence-corrected chi connectivity index (χ1v) is 5.36. The topological polar surface area (TPSA) is 97.8 Å². The molecule has 2 aromatic rings. The third-order valence-corrected chi connectivity index (χ3v) is 3.01. The van der Waals surface area contributed by atoms with Crippen LogP contribution in [0.1, 0.15) is 0 Å². The van der Waals surface area contributed by atoms with E-state index in [0.717, 1.165) is 0 Å². The maximum Gasteiger partial charge on any atom is 1.00 e. The summed E-state index contributed by atoms with van der Waals surface area (Å²) in [4.78, 5) is 17.9. The second-order valence-electron chi connectivity index (χ2n) is 3.31. The predicted octanol–water partition coefficient (Wildman–Crippen LogP) is -1.09. The molecule has 88 valence electrons. The van der Waals surface area contributed by atoms with Gasteiger partial charge in [0.1, 0.15) is 5.82 Å². The predicted molar refractivity (Wildman–Crippen MR) is 69.1 cm³/mol. The summed E-state index contributed by atoms with van der Waals surface area (Å²) >= 11 is 11.9. The Morgan fingerprint density at radius 1 is 1.22 bits per heavy atom. The largest absolute Gasteiger partial charge is 1.00 e. The molecule has 0 unspecified atom stereocenters. The number of H-pyrrole nitrogens is 1. The molecule has 0 fully saturated rings. The van der Waals surface area contributed by atoms with E-state index in [1.54, 1.807) is 18.2 Å². The van der Waals surface area contributed by atoms with Crippen LogP contribution in [0.25, 0.3) is 11.1 Å². The minimum Gasteiger partial charge on any atom is -0.383 e. The van der Waals surface area contributed by atoms with Crippen LogP contribution in [0.5, 0.6) is 0 Å². The van der Waals surface area contributed by atoms with Gasteiger partial charge in [0.2, 0.25) is 5.95 Å². The third-order valence-electron chi connectivity index (χ3n) is 2.19. The molecule has 1 aromatic heterocycles. The molecule has 0 saturated carbocycles. The van der Waals surface area contributed by atoms with E-state index in [1.165, 1.54) is 0 Å². The average Bonchev–Trinajstić information content (AvgIpc) is 2.23. The summed E-state index contributed by atoms with van der Waals surface area (Å²) in [5.41, 5.74) is 11.2. The van der Waals surface area contributed by atoms with Gasteiger partial charge in [0.15, 0.2) is 0 Å². The first-order valence-electron chi connectivity index (χ1n) is 4.60. The standard InChI is InChI=1S/C10H8Cl2N4O.Na/c11-5-3-1-2-4(7(5)12)6-8(13)15-10(14)16-9(6)17;/h1-3H,(H5,13,14,15,16,17);/q;+1. The number of halogens is 2. The summed E-state index contributed by atoms with van der Waals surface area (Å²) in [7, 11) is 0. The number of nitrogen functional groups attached to an aromatic ring is 2. The quantitative estimate of drug-likeness (QED) is 0.582. The number of rotatable bonds is 1. The number of nitrogens with zero attached hydrogens (tertiary/aromatic N) is 1. The van der Waals surface area contributed by atoms with Crippen molar-refractivity contribution >= 4 is 35.0 Å².